The molecule has 0 amide bonds. The zero-order valence-electron chi connectivity index (χ0n) is 8.21. The first-order valence-electron chi connectivity index (χ1n) is 5.01. The van der Waals surface area contributed by atoms with E-state index in [-0.39, 0.29) is 0 Å². The predicted octanol–water partition coefficient (Wildman–Crippen LogP) is 3.69. The standard InChI is InChI=1S/C10H21S3/c11-7-1-4-10(5-2-8-12)6-3-9-13/h11-13H,1-9H2. The summed E-state index contributed by atoms with van der Waals surface area (Å²) in [7, 11) is 0. The van der Waals surface area contributed by atoms with Crippen molar-refractivity contribution in [1.82, 2.24) is 0 Å². The van der Waals surface area contributed by atoms with E-state index in [1.807, 2.05) is 0 Å². The smallest absolute Gasteiger partial charge is 0.00977 e. The van der Waals surface area contributed by atoms with E-state index >= 15 is 0 Å². The molecular weight excluding hydrogens is 216 g/mol. The van der Waals surface area contributed by atoms with Gasteiger partial charge in [0.25, 0.3) is 0 Å². The van der Waals surface area contributed by atoms with E-state index in [9.17, 15) is 0 Å². The Morgan fingerprint density at radius 1 is 0.615 bits per heavy atom. The van der Waals surface area contributed by atoms with Crippen LogP contribution in [0.15, 0.2) is 0 Å². The predicted molar refractivity (Wildman–Crippen MR) is 72.5 cm³/mol. The van der Waals surface area contributed by atoms with E-state index in [0.29, 0.717) is 0 Å². The Labute approximate surface area is 99.5 Å². The number of thiol groups is 3. The number of hydrogen-bond acceptors (Lipinski definition) is 3. The van der Waals surface area contributed by atoms with Crippen molar-refractivity contribution in [2.45, 2.75) is 38.5 Å². The van der Waals surface area contributed by atoms with Gasteiger partial charge in [-0.1, -0.05) is 0 Å². The Morgan fingerprint density at radius 3 is 1.15 bits per heavy atom. The molecule has 3 heteroatoms. The maximum absolute atomic E-state index is 4.23. The molecule has 0 heterocycles. The summed E-state index contributed by atoms with van der Waals surface area (Å²) >= 11 is 12.7. The van der Waals surface area contributed by atoms with Crippen LogP contribution >= 0.6 is 37.9 Å². The van der Waals surface area contributed by atoms with Crippen molar-refractivity contribution in [2.75, 3.05) is 17.3 Å². The second kappa shape index (κ2) is 11.1. The summed E-state index contributed by atoms with van der Waals surface area (Å²) < 4.78 is 0. The minimum atomic E-state index is 1.01. The molecule has 0 atom stereocenters. The van der Waals surface area contributed by atoms with Gasteiger partial charge in [-0.15, -0.1) is 0 Å². The van der Waals surface area contributed by atoms with Crippen LogP contribution in [0.2, 0.25) is 0 Å². The molecule has 0 aliphatic carbocycles. The Bertz CT molecular complexity index is 77.2. The Kier molecular flexibility index (Phi) is 12.0. The number of rotatable bonds is 9. The molecule has 0 spiro atoms. The van der Waals surface area contributed by atoms with Crippen LogP contribution < -0.4 is 0 Å². The van der Waals surface area contributed by atoms with Crippen LogP contribution in [0.25, 0.3) is 0 Å². The van der Waals surface area contributed by atoms with Gasteiger partial charge < -0.3 is 0 Å². The zero-order chi connectivity index (χ0) is 9.94. The molecule has 0 aliphatic heterocycles. The average Bonchev–Trinajstić information content (AvgIpc) is 2.17. The number of hydrogen-bond donors (Lipinski definition) is 3. The zero-order valence-corrected chi connectivity index (χ0v) is 10.9. The third-order valence-electron chi connectivity index (χ3n) is 2.07. The fourth-order valence-electron chi connectivity index (χ4n) is 1.36. The lowest BCUT2D eigenvalue weighted by Crippen LogP contribution is -2.00. The summed E-state index contributed by atoms with van der Waals surface area (Å²) in [4.78, 5) is 0. The maximum Gasteiger partial charge on any atom is -0.00977 e. The van der Waals surface area contributed by atoms with Crippen LogP contribution in [0.5, 0.6) is 0 Å². The minimum absolute atomic E-state index is 1.01. The first kappa shape index (κ1) is 14.1. The van der Waals surface area contributed by atoms with Gasteiger partial charge in [-0.25, -0.2) is 0 Å². The fourth-order valence-corrected chi connectivity index (χ4v) is 1.84. The molecule has 0 bridgehead atoms. The quantitative estimate of drug-likeness (QED) is 0.501. The van der Waals surface area contributed by atoms with Gasteiger partial charge in [0.15, 0.2) is 0 Å². The Balaban J connectivity index is 3.47. The third kappa shape index (κ3) is 9.36. The van der Waals surface area contributed by atoms with Gasteiger partial charge in [0.2, 0.25) is 0 Å². The molecule has 1 radical (unpaired) electrons. The average molecular weight is 237 g/mol. The highest BCUT2D eigenvalue weighted by Crippen LogP contribution is 2.22. The lowest BCUT2D eigenvalue weighted by atomic mass is 9.94. The molecule has 13 heavy (non-hydrogen) atoms. The summed E-state index contributed by atoms with van der Waals surface area (Å²) in [5.41, 5.74) is 0. The van der Waals surface area contributed by atoms with Gasteiger partial charge in [0, 0.05) is 0 Å². The highest BCUT2D eigenvalue weighted by atomic mass is 32.1. The van der Waals surface area contributed by atoms with Gasteiger partial charge in [-0.3, -0.25) is 0 Å². The van der Waals surface area contributed by atoms with Gasteiger partial charge in [-0.05, 0) is 61.7 Å². The summed E-state index contributed by atoms with van der Waals surface area (Å²) in [5.74, 6) is 4.71. The van der Waals surface area contributed by atoms with Crippen LogP contribution in [-0.4, -0.2) is 17.3 Å². The van der Waals surface area contributed by atoms with Crippen LogP contribution in [0, 0.1) is 5.92 Å². The van der Waals surface area contributed by atoms with Crippen molar-refractivity contribution < 1.29 is 0 Å². The van der Waals surface area contributed by atoms with E-state index in [4.69, 9.17) is 0 Å². The summed E-state index contributed by atoms with van der Waals surface area (Å²) in [5, 5.41) is 0. The molecule has 79 valence electrons. The molecule has 0 aromatic carbocycles. The SMILES string of the molecule is SCCC[C](CCCS)CCCS. The summed E-state index contributed by atoms with van der Waals surface area (Å²) in [6.07, 6.45) is 7.42. The van der Waals surface area contributed by atoms with Crippen molar-refractivity contribution >= 4 is 37.9 Å². The van der Waals surface area contributed by atoms with Crippen LogP contribution in [0.4, 0.5) is 0 Å². The topological polar surface area (TPSA) is 0 Å². The summed E-state index contributed by atoms with van der Waals surface area (Å²) in [6, 6.07) is 0. The second-order valence-electron chi connectivity index (χ2n) is 3.23. The van der Waals surface area contributed by atoms with Crippen molar-refractivity contribution in [2.24, 2.45) is 0 Å². The molecule has 0 rings (SSSR count). The van der Waals surface area contributed by atoms with Crippen molar-refractivity contribution in [3.8, 4) is 0 Å². The molecular formula is C10H21S3. The molecule has 0 N–H and O–H groups in total. The van der Waals surface area contributed by atoms with E-state index in [0.717, 1.165) is 17.3 Å². The highest BCUT2D eigenvalue weighted by Gasteiger charge is 2.07. The van der Waals surface area contributed by atoms with Gasteiger partial charge in [0.05, 0.1) is 0 Å². The second-order valence-corrected chi connectivity index (χ2v) is 4.57. The monoisotopic (exact) mass is 237 g/mol. The third-order valence-corrected chi connectivity index (χ3v) is 3.01. The molecule has 0 saturated heterocycles. The van der Waals surface area contributed by atoms with Crippen molar-refractivity contribution in [3.63, 3.8) is 0 Å². The molecule has 0 aliphatic rings. The van der Waals surface area contributed by atoms with Crippen molar-refractivity contribution in [1.29, 1.82) is 0 Å². The molecule has 0 nitrogen and oxygen atoms in total. The molecule has 0 saturated carbocycles. The highest BCUT2D eigenvalue weighted by molar-refractivity contribution is 7.80. The van der Waals surface area contributed by atoms with E-state index in [2.05, 4.69) is 37.9 Å². The van der Waals surface area contributed by atoms with Gasteiger partial charge in [-0.2, -0.15) is 37.9 Å². The first-order valence-corrected chi connectivity index (χ1v) is 6.91. The van der Waals surface area contributed by atoms with E-state index in [1.54, 1.807) is 5.92 Å². The normalized spacial score (nSPS) is 11.1. The maximum atomic E-state index is 4.23. The minimum Gasteiger partial charge on any atom is -0.179 e. The lowest BCUT2D eigenvalue weighted by Gasteiger charge is -2.14. The van der Waals surface area contributed by atoms with Crippen LogP contribution in [-0.2, 0) is 0 Å². The van der Waals surface area contributed by atoms with Crippen molar-refractivity contribution in [3.05, 3.63) is 5.92 Å². The van der Waals surface area contributed by atoms with Gasteiger partial charge in [0.1, 0.15) is 0 Å². The molecule has 0 fully saturated rings. The Morgan fingerprint density at radius 2 is 0.923 bits per heavy atom. The molecule has 0 unspecified atom stereocenters. The summed E-state index contributed by atoms with van der Waals surface area (Å²) in [6.45, 7) is 0. The van der Waals surface area contributed by atoms with E-state index < -0.39 is 0 Å². The van der Waals surface area contributed by atoms with E-state index in [1.165, 1.54) is 38.5 Å². The first-order chi connectivity index (χ1) is 6.35. The largest absolute Gasteiger partial charge is 0.179 e. The fraction of sp³-hybridized carbons (Fsp3) is 0.900. The van der Waals surface area contributed by atoms with Crippen LogP contribution in [0.1, 0.15) is 38.5 Å². The van der Waals surface area contributed by atoms with Crippen LogP contribution in [0.3, 0.4) is 0 Å². The Hall–Kier alpha value is 1.05. The molecule has 0 aromatic rings. The van der Waals surface area contributed by atoms with Gasteiger partial charge >= 0.3 is 0 Å². The lowest BCUT2D eigenvalue weighted by molar-refractivity contribution is 0.628. The molecule has 0 aromatic heterocycles.